The lowest BCUT2D eigenvalue weighted by Gasteiger charge is -1.99. The second kappa shape index (κ2) is 5.98. The fraction of sp³-hybridized carbons (Fsp3) is 0.273. The normalized spacial score (nSPS) is 9.36. The molecule has 0 aliphatic carbocycles. The maximum absolute atomic E-state index is 8.97. The smallest absolute Gasteiger partial charge is 0.0696 e. The highest BCUT2D eigenvalue weighted by atomic mass is 35.5. The molecule has 0 aliphatic rings. The SMILES string of the molecule is OCc1cc(C#CCCS)ccc1Cl. The molecule has 74 valence electrons. The minimum Gasteiger partial charge on any atom is -0.392 e. The van der Waals surface area contributed by atoms with Crippen LogP contribution in [0.15, 0.2) is 18.2 Å². The Morgan fingerprint density at radius 3 is 2.86 bits per heavy atom. The first-order chi connectivity index (χ1) is 6.77. The number of hydrogen-bond donors (Lipinski definition) is 2. The fourth-order valence-corrected chi connectivity index (χ4v) is 1.28. The largest absolute Gasteiger partial charge is 0.392 e. The van der Waals surface area contributed by atoms with Gasteiger partial charge in [0, 0.05) is 22.8 Å². The number of aliphatic hydroxyl groups is 1. The first-order valence-electron chi connectivity index (χ1n) is 4.27. The van der Waals surface area contributed by atoms with Crippen LogP contribution in [0.25, 0.3) is 0 Å². The Balaban J connectivity index is 2.86. The van der Waals surface area contributed by atoms with E-state index in [1.807, 2.05) is 6.07 Å². The van der Waals surface area contributed by atoms with Crippen molar-refractivity contribution in [1.82, 2.24) is 0 Å². The number of aliphatic hydroxyl groups excluding tert-OH is 1. The number of benzene rings is 1. The molecule has 0 saturated carbocycles. The fourth-order valence-electron chi connectivity index (χ4n) is 0.994. The van der Waals surface area contributed by atoms with Crippen molar-refractivity contribution in [3.8, 4) is 11.8 Å². The summed E-state index contributed by atoms with van der Waals surface area (Å²) in [6.07, 6.45) is 0.764. The van der Waals surface area contributed by atoms with Gasteiger partial charge in [-0.05, 0) is 23.8 Å². The van der Waals surface area contributed by atoms with Crippen LogP contribution < -0.4 is 0 Å². The zero-order valence-corrected chi connectivity index (χ0v) is 9.28. The molecular weight excluding hydrogens is 216 g/mol. The Bertz CT molecular complexity index is 365. The van der Waals surface area contributed by atoms with E-state index in [1.54, 1.807) is 12.1 Å². The van der Waals surface area contributed by atoms with Gasteiger partial charge in [0.15, 0.2) is 0 Å². The minimum absolute atomic E-state index is 0.0546. The summed E-state index contributed by atoms with van der Waals surface area (Å²) in [5, 5.41) is 9.55. The number of rotatable bonds is 2. The van der Waals surface area contributed by atoms with E-state index in [2.05, 4.69) is 24.5 Å². The summed E-state index contributed by atoms with van der Waals surface area (Å²) in [6, 6.07) is 5.39. The van der Waals surface area contributed by atoms with Crippen molar-refractivity contribution >= 4 is 24.2 Å². The van der Waals surface area contributed by atoms with Crippen LogP contribution in [0.5, 0.6) is 0 Å². The van der Waals surface area contributed by atoms with Crippen molar-refractivity contribution in [2.45, 2.75) is 13.0 Å². The van der Waals surface area contributed by atoms with E-state index in [-0.39, 0.29) is 6.61 Å². The molecule has 0 amide bonds. The van der Waals surface area contributed by atoms with Gasteiger partial charge in [-0.3, -0.25) is 0 Å². The van der Waals surface area contributed by atoms with Gasteiger partial charge in [0.05, 0.1) is 6.61 Å². The molecule has 0 unspecified atom stereocenters. The van der Waals surface area contributed by atoms with Gasteiger partial charge in [-0.25, -0.2) is 0 Å². The molecule has 14 heavy (non-hydrogen) atoms. The summed E-state index contributed by atoms with van der Waals surface area (Å²) >= 11 is 9.90. The molecule has 1 N–H and O–H groups in total. The lowest BCUT2D eigenvalue weighted by Crippen LogP contribution is -1.86. The molecule has 1 rings (SSSR count). The van der Waals surface area contributed by atoms with Crippen LogP contribution in [0.4, 0.5) is 0 Å². The van der Waals surface area contributed by atoms with Crippen LogP contribution in [0.2, 0.25) is 5.02 Å². The Hall–Kier alpha value is -0.620. The summed E-state index contributed by atoms with van der Waals surface area (Å²) in [5.41, 5.74) is 1.59. The summed E-state index contributed by atoms with van der Waals surface area (Å²) < 4.78 is 0. The van der Waals surface area contributed by atoms with Crippen LogP contribution in [-0.4, -0.2) is 10.9 Å². The topological polar surface area (TPSA) is 20.2 Å². The first kappa shape index (κ1) is 11.5. The zero-order chi connectivity index (χ0) is 10.4. The van der Waals surface area contributed by atoms with Crippen molar-refractivity contribution in [2.75, 3.05) is 5.75 Å². The molecule has 1 nitrogen and oxygen atoms in total. The van der Waals surface area contributed by atoms with Gasteiger partial charge in [0.1, 0.15) is 0 Å². The molecule has 0 bridgehead atoms. The maximum Gasteiger partial charge on any atom is 0.0696 e. The van der Waals surface area contributed by atoms with Crippen molar-refractivity contribution in [3.63, 3.8) is 0 Å². The van der Waals surface area contributed by atoms with Gasteiger partial charge in [0.2, 0.25) is 0 Å². The highest BCUT2D eigenvalue weighted by molar-refractivity contribution is 7.80. The highest BCUT2D eigenvalue weighted by Gasteiger charge is 1.98. The second-order valence-electron chi connectivity index (χ2n) is 2.74. The zero-order valence-electron chi connectivity index (χ0n) is 7.63. The molecule has 0 radical (unpaired) electrons. The summed E-state index contributed by atoms with van der Waals surface area (Å²) in [6.45, 7) is -0.0546. The van der Waals surface area contributed by atoms with E-state index in [0.29, 0.717) is 10.6 Å². The molecule has 0 saturated heterocycles. The highest BCUT2D eigenvalue weighted by Crippen LogP contribution is 2.16. The van der Waals surface area contributed by atoms with E-state index in [0.717, 1.165) is 17.7 Å². The Kier molecular flexibility index (Phi) is 4.89. The monoisotopic (exact) mass is 226 g/mol. The third kappa shape index (κ3) is 3.26. The summed E-state index contributed by atoms with van der Waals surface area (Å²) in [4.78, 5) is 0. The third-order valence-corrected chi connectivity index (χ3v) is 2.28. The van der Waals surface area contributed by atoms with Crippen molar-refractivity contribution < 1.29 is 5.11 Å². The quantitative estimate of drug-likeness (QED) is 0.587. The standard InChI is InChI=1S/C11H11ClOS/c12-11-5-4-9(3-1-2-6-14)7-10(11)8-13/h4-5,7,13-14H,2,6,8H2. The van der Waals surface area contributed by atoms with Crippen LogP contribution in [-0.2, 0) is 6.61 Å². The Labute approximate surface area is 94.5 Å². The van der Waals surface area contributed by atoms with Gasteiger partial charge < -0.3 is 5.11 Å². The van der Waals surface area contributed by atoms with Crippen LogP contribution in [0.3, 0.4) is 0 Å². The third-order valence-electron chi connectivity index (χ3n) is 1.69. The lowest BCUT2D eigenvalue weighted by atomic mass is 10.1. The molecule has 0 atom stereocenters. The van der Waals surface area contributed by atoms with E-state index in [4.69, 9.17) is 16.7 Å². The van der Waals surface area contributed by atoms with Crippen LogP contribution in [0.1, 0.15) is 17.5 Å². The van der Waals surface area contributed by atoms with Gasteiger partial charge in [-0.2, -0.15) is 12.6 Å². The predicted molar refractivity (Wildman–Crippen MR) is 62.7 cm³/mol. The molecule has 1 aromatic rings. The average Bonchev–Trinajstić information content (AvgIpc) is 2.21. The van der Waals surface area contributed by atoms with Crippen molar-refractivity contribution in [3.05, 3.63) is 34.3 Å². The molecule has 0 aliphatic heterocycles. The second-order valence-corrected chi connectivity index (χ2v) is 3.59. The summed E-state index contributed by atoms with van der Waals surface area (Å²) in [5.74, 6) is 6.71. The summed E-state index contributed by atoms with van der Waals surface area (Å²) in [7, 11) is 0. The number of hydrogen-bond acceptors (Lipinski definition) is 2. The van der Waals surface area contributed by atoms with Crippen LogP contribution >= 0.6 is 24.2 Å². The van der Waals surface area contributed by atoms with Crippen molar-refractivity contribution in [2.24, 2.45) is 0 Å². The van der Waals surface area contributed by atoms with Crippen LogP contribution in [0, 0.1) is 11.8 Å². The Morgan fingerprint density at radius 2 is 2.21 bits per heavy atom. The molecule has 0 heterocycles. The Morgan fingerprint density at radius 1 is 1.43 bits per heavy atom. The molecule has 0 aromatic heterocycles. The lowest BCUT2D eigenvalue weighted by molar-refractivity contribution is 0.282. The molecule has 1 aromatic carbocycles. The first-order valence-corrected chi connectivity index (χ1v) is 5.28. The van der Waals surface area contributed by atoms with E-state index < -0.39 is 0 Å². The molecule has 3 heteroatoms. The minimum atomic E-state index is -0.0546. The van der Waals surface area contributed by atoms with E-state index in [1.165, 1.54) is 0 Å². The maximum atomic E-state index is 8.97. The average molecular weight is 227 g/mol. The van der Waals surface area contributed by atoms with Gasteiger partial charge >= 0.3 is 0 Å². The van der Waals surface area contributed by atoms with E-state index in [9.17, 15) is 0 Å². The van der Waals surface area contributed by atoms with Gasteiger partial charge in [-0.15, -0.1) is 0 Å². The molecule has 0 fully saturated rings. The number of halogens is 1. The van der Waals surface area contributed by atoms with E-state index >= 15 is 0 Å². The predicted octanol–water partition coefficient (Wildman–Crippen LogP) is 2.50. The van der Waals surface area contributed by atoms with Gasteiger partial charge in [0.25, 0.3) is 0 Å². The molecular formula is C11H11ClOS. The van der Waals surface area contributed by atoms with Crippen molar-refractivity contribution in [1.29, 1.82) is 0 Å². The molecule has 0 spiro atoms. The van der Waals surface area contributed by atoms with Gasteiger partial charge in [-0.1, -0.05) is 23.4 Å². The number of thiol groups is 1.